The van der Waals surface area contributed by atoms with E-state index in [0.717, 1.165) is 51.8 Å². The largest absolute Gasteiger partial charge is 0.326 e. The number of nitrogens with zero attached hydrogens (tertiary/aromatic N) is 6. The van der Waals surface area contributed by atoms with Crippen LogP contribution in [0.1, 0.15) is 11.4 Å². The van der Waals surface area contributed by atoms with Gasteiger partial charge in [0.15, 0.2) is 0 Å². The minimum absolute atomic E-state index is 0.298. The van der Waals surface area contributed by atoms with Crippen LogP contribution in [0.25, 0.3) is 16.7 Å². The molecule has 5 rings (SSSR count). The Hall–Kier alpha value is -2.55. The lowest BCUT2D eigenvalue weighted by molar-refractivity contribution is 0.629. The zero-order valence-electron chi connectivity index (χ0n) is 14.5. The lowest BCUT2D eigenvalue weighted by atomic mass is 9.70. The van der Waals surface area contributed by atoms with Gasteiger partial charge in [-0.15, -0.1) is 10.2 Å². The van der Waals surface area contributed by atoms with E-state index in [1.165, 1.54) is 12.1 Å². The molecule has 1 aromatic carbocycles. The van der Waals surface area contributed by atoms with Crippen LogP contribution in [0.2, 0.25) is 6.32 Å². The first kappa shape index (κ1) is 16.6. The van der Waals surface area contributed by atoms with E-state index in [-0.39, 0.29) is 5.82 Å². The molecule has 0 atom stereocenters. The highest BCUT2D eigenvalue weighted by atomic mass is 79.9. The lowest BCUT2D eigenvalue weighted by Crippen LogP contribution is -2.20. The molecule has 0 saturated carbocycles. The third-order valence-electron chi connectivity index (χ3n) is 4.88. The van der Waals surface area contributed by atoms with Crippen LogP contribution in [0.3, 0.4) is 0 Å². The molecule has 0 fully saturated rings. The summed E-state index contributed by atoms with van der Waals surface area (Å²) in [6, 6.07) is 6.72. The van der Waals surface area contributed by atoms with Crippen molar-refractivity contribution in [1.29, 1.82) is 0 Å². The van der Waals surface area contributed by atoms with E-state index in [4.69, 9.17) is 4.98 Å². The second kappa shape index (κ2) is 6.26. The van der Waals surface area contributed by atoms with Gasteiger partial charge in [0.25, 0.3) is 5.78 Å². The highest BCUT2D eigenvalue weighted by Gasteiger charge is 2.24. The fourth-order valence-electron chi connectivity index (χ4n) is 3.66. The second-order valence-electron chi connectivity index (χ2n) is 6.51. The summed E-state index contributed by atoms with van der Waals surface area (Å²) in [5.41, 5.74) is 2.95. The average molecular weight is 424 g/mol. The molecule has 0 saturated heterocycles. The minimum Gasteiger partial charge on any atom is -0.326 e. The topological polar surface area (TPSA) is 59.2 Å². The van der Waals surface area contributed by atoms with E-state index in [1.807, 2.05) is 17.4 Å². The van der Waals surface area contributed by atoms with Crippen molar-refractivity contribution in [3.05, 3.63) is 52.3 Å². The quantitative estimate of drug-likeness (QED) is 0.345. The predicted molar refractivity (Wildman–Crippen MR) is 106 cm³/mol. The molecule has 133 valence electrons. The highest BCUT2D eigenvalue weighted by Crippen LogP contribution is 2.37. The van der Waals surface area contributed by atoms with Gasteiger partial charge in [0.2, 0.25) is 0 Å². The average Bonchev–Trinajstić information content (AvgIpc) is 2.89. The summed E-state index contributed by atoms with van der Waals surface area (Å²) in [6.45, 7) is 2.61. The first-order valence-electron chi connectivity index (χ1n) is 8.67. The van der Waals surface area contributed by atoms with E-state index in [2.05, 4.69) is 43.3 Å². The number of rotatable bonds is 1. The van der Waals surface area contributed by atoms with Crippen LogP contribution in [0.4, 0.5) is 15.9 Å². The summed E-state index contributed by atoms with van der Waals surface area (Å²) < 4.78 is 16.8. The number of halogens is 2. The molecule has 27 heavy (non-hydrogen) atoms. The summed E-state index contributed by atoms with van der Waals surface area (Å²) in [5.74, 6) is 1.61. The van der Waals surface area contributed by atoms with Gasteiger partial charge in [0.05, 0.1) is 5.52 Å². The van der Waals surface area contributed by atoms with Gasteiger partial charge in [-0.1, -0.05) is 12.6 Å². The molecule has 0 N–H and O–H groups in total. The molecule has 0 aliphatic carbocycles. The lowest BCUT2D eigenvalue weighted by Gasteiger charge is -2.26. The number of fused-ring (bicyclic) bond motifs is 4. The fourth-order valence-corrected chi connectivity index (χ4v) is 4.14. The summed E-state index contributed by atoms with van der Waals surface area (Å²) in [7, 11) is 2.23. The van der Waals surface area contributed by atoms with E-state index in [9.17, 15) is 4.39 Å². The number of aryl methyl sites for hydroxylation is 1. The Bertz CT molecular complexity index is 1190. The van der Waals surface area contributed by atoms with Gasteiger partial charge in [-0.3, -0.25) is 4.40 Å². The summed E-state index contributed by atoms with van der Waals surface area (Å²) >= 11 is 3.56. The molecule has 0 amide bonds. The van der Waals surface area contributed by atoms with Crippen molar-refractivity contribution in [2.45, 2.75) is 19.6 Å². The number of pyridine rings is 1. The maximum Gasteiger partial charge on any atom is 0.257 e. The van der Waals surface area contributed by atoms with Gasteiger partial charge in [0.1, 0.15) is 29.3 Å². The zero-order valence-corrected chi connectivity index (χ0v) is 16.1. The maximum absolute atomic E-state index is 14.1. The molecular formula is C18H14BBrFN6. The molecular weight excluding hydrogens is 410 g/mol. The molecule has 4 aromatic rings. The number of aromatic nitrogens is 5. The van der Waals surface area contributed by atoms with Gasteiger partial charge in [-0.25, -0.2) is 9.37 Å². The summed E-state index contributed by atoms with van der Waals surface area (Å²) in [6.07, 6.45) is 3.47. The summed E-state index contributed by atoms with van der Waals surface area (Å²) in [5, 5.41) is 9.07. The van der Waals surface area contributed by atoms with Crippen LogP contribution in [-0.4, -0.2) is 38.4 Å². The standard InChI is InChI=1S/C18H14BBrFN6/c1-10-24-25-18-23-17(12-8-11(21)2-3-15(12)27(10)18)26-7-5-19-9-13-14(26)4-6-22-16(13)20/h2-4,6,8H,5,7,9H2,1H3. The van der Waals surface area contributed by atoms with Gasteiger partial charge >= 0.3 is 0 Å². The van der Waals surface area contributed by atoms with Crippen molar-refractivity contribution in [1.82, 2.24) is 24.6 Å². The molecule has 1 aliphatic heterocycles. The fraction of sp³-hybridized carbons (Fsp3) is 0.222. The minimum atomic E-state index is -0.298. The smallest absolute Gasteiger partial charge is 0.257 e. The Kier molecular flexibility index (Phi) is 3.85. The summed E-state index contributed by atoms with van der Waals surface area (Å²) in [4.78, 5) is 11.2. The molecule has 0 spiro atoms. The number of anilines is 2. The third kappa shape index (κ3) is 2.60. The molecule has 9 heteroatoms. The first-order valence-corrected chi connectivity index (χ1v) is 9.46. The number of benzene rings is 1. The number of hydrogen-bond acceptors (Lipinski definition) is 5. The van der Waals surface area contributed by atoms with Gasteiger partial charge in [-0.05, 0) is 47.1 Å². The normalized spacial score (nSPS) is 14.3. The predicted octanol–water partition coefficient (Wildman–Crippen LogP) is 3.66. The van der Waals surface area contributed by atoms with Crippen molar-refractivity contribution in [3.8, 4) is 0 Å². The van der Waals surface area contributed by atoms with Crippen LogP contribution in [0.5, 0.6) is 0 Å². The maximum atomic E-state index is 14.1. The Balaban J connectivity index is 1.85. The van der Waals surface area contributed by atoms with Crippen molar-refractivity contribution in [2.24, 2.45) is 0 Å². The molecule has 3 aromatic heterocycles. The third-order valence-corrected chi connectivity index (χ3v) is 5.57. The monoisotopic (exact) mass is 423 g/mol. The highest BCUT2D eigenvalue weighted by molar-refractivity contribution is 9.10. The number of hydrogen-bond donors (Lipinski definition) is 0. The molecule has 0 unspecified atom stereocenters. The molecule has 4 heterocycles. The Morgan fingerprint density at radius 3 is 3.00 bits per heavy atom. The van der Waals surface area contributed by atoms with Gasteiger partial charge < -0.3 is 4.90 Å². The van der Waals surface area contributed by atoms with E-state index >= 15 is 0 Å². The molecule has 6 nitrogen and oxygen atoms in total. The van der Waals surface area contributed by atoms with Crippen molar-refractivity contribution in [2.75, 3.05) is 11.4 Å². The van der Waals surface area contributed by atoms with Crippen LogP contribution in [0, 0.1) is 12.7 Å². The molecule has 1 aliphatic rings. The van der Waals surface area contributed by atoms with Crippen molar-refractivity contribution < 1.29 is 4.39 Å². The van der Waals surface area contributed by atoms with Crippen molar-refractivity contribution in [3.63, 3.8) is 0 Å². The second-order valence-corrected chi connectivity index (χ2v) is 7.26. The van der Waals surface area contributed by atoms with Crippen LogP contribution < -0.4 is 4.90 Å². The van der Waals surface area contributed by atoms with Gasteiger partial charge in [-0.2, -0.15) is 4.98 Å². The first-order chi connectivity index (χ1) is 13.1. The zero-order chi connectivity index (χ0) is 18.5. The van der Waals surface area contributed by atoms with Crippen LogP contribution in [-0.2, 0) is 6.32 Å². The van der Waals surface area contributed by atoms with Crippen molar-refractivity contribution >= 4 is 51.4 Å². The van der Waals surface area contributed by atoms with Crippen LogP contribution in [0.15, 0.2) is 35.1 Å². The van der Waals surface area contributed by atoms with E-state index in [1.54, 1.807) is 12.3 Å². The Morgan fingerprint density at radius 2 is 2.11 bits per heavy atom. The molecule has 1 radical (unpaired) electrons. The Labute approximate surface area is 163 Å². The SMILES string of the molecule is Cc1nnc2nc(N3CC[B]Cc4c3ccnc4Br)c3cc(F)ccc3n12. The van der Waals surface area contributed by atoms with Gasteiger partial charge in [0, 0.05) is 29.4 Å². The van der Waals surface area contributed by atoms with E-state index in [0.29, 0.717) is 11.6 Å². The van der Waals surface area contributed by atoms with Crippen LogP contribution >= 0.6 is 15.9 Å². The molecule has 0 bridgehead atoms. The van der Waals surface area contributed by atoms with E-state index < -0.39 is 0 Å². The Morgan fingerprint density at radius 1 is 1.22 bits per heavy atom.